The average molecular weight is 204 g/mol. The van der Waals surface area contributed by atoms with E-state index >= 15 is 0 Å². The standard InChI is InChI=1S/C13H20N2/c1-11(15-7-2-3-8-15)13-6-4-5-12(9-13)10-14/h4-6,9,11H,2-3,7-8,10,14H2,1H3. The average Bonchev–Trinajstić information content (AvgIpc) is 2.81. The molecule has 0 amide bonds. The Labute approximate surface area is 92.1 Å². The number of benzene rings is 1. The smallest absolute Gasteiger partial charge is 0.0319 e. The normalized spacial score (nSPS) is 19.3. The molecule has 1 saturated heterocycles. The van der Waals surface area contributed by atoms with Crippen LogP contribution in [0.25, 0.3) is 0 Å². The summed E-state index contributed by atoms with van der Waals surface area (Å²) in [5.41, 5.74) is 8.30. The molecule has 2 N–H and O–H groups in total. The molecule has 1 heterocycles. The minimum absolute atomic E-state index is 0.541. The van der Waals surface area contributed by atoms with Crippen LogP contribution in [0.4, 0.5) is 0 Å². The highest BCUT2D eigenvalue weighted by atomic mass is 15.2. The van der Waals surface area contributed by atoms with Crippen LogP contribution >= 0.6 is 0 Å². The molecule has 0 bridgehead atoms. The van der Waals surface area contributed by atoms with E-state index in [2.05, 4.69) is 36.1 Å². The lowest BCUT2D eigenvalue weighted by atomic mass is 10.0. The van der Waals surface area contributed by atoms with E-state index in [1.807, 2.05) is 0 Å². The van der Waals surface area contributed by atoms with E-state index in [4.69, 9.17) is 5.73 Å². The number of hydrogen-bond donors (Lipinski definition) is 1. The summed E-state index contributed by atoms with van der Waals surface area (Å²) in [7, 11) is 0. The first-order valence-electron chi connectivity index (χ1n) is 5.84. The summed E-state index contributed by atoms with van der Waals surface area (Å²) in [5, 5.41) is 0. The van der Waals surface area contributed by atoms with Gasteiger partial charge in [0.15, 0.2) is 0 Å². The van der Waals surface area contributed by atoms with Crippen molar-refractivity contribution in [3.05, 3.63) is 35.4 Å². The molecule has 2 nitrogen and oxygen atoms in total. The summed E-state index contributed by atoms with van der Waals surface area (Å²) >= 11 is 0. The minimum Gasteiger partial charge on any atom is -0.326 e. The van der Waals surface area contributed by atoms with Crippen molar-refractivity contribution in [2.24, 2.45) is 5.73 Å². The second-order valence-corrected chi connectivity index (χ2v) is 4.37. The van der Waals surface area contributed by atoms with Crippen LogP contribution in [0.1, 0.15) is 36.9 Å². The molecule has 82 valence electrons. The van der Waals surface area contributed by atoms with E-state index < -0.39 is 0 Å². The fourth-order valence-electron chi connectivity index (χ4n) is 2.32. The molecule has 1 aliphatic heterocycles. The van der Waals surface area contributed by atoms with Crippen LogP contribution in [-0.4, -0.2) is 18.0 Å². The van der Waals surface area contributed by atoms with Crippen LogP contribution in [0.5, 0.6) is 0 Å². The van der Waals surface area contributed by atoms with E-state index in [1.165, 1.54) is 37.1 Å². The second-order valence-electron chi connectivity index (χ2n) is 4.37. The van der Waals surface area contributed by atoms with Gasteiger partial charge < -0.3 is 5.73 Å². The largest absolute Gasteiger partial charge is 0.326 e. The van der Waals surface area contributed by atoms with Crippen molar-refractivity contribution in [3.8, 4) is 0 Å². The molecule has 0 spiro atoms. The molecule has 0 radical (unpaired) electrons. The Bertz CT molecular complexity index is 316. The van der Waals surface area contributed by atoms with Gasteiger partial charge in [0.25, 0.3) is 0 Å². The molecule has 1 aliphatic rings. The highest BCUT2D eigenvalue weighted by molar-refractivity contribution is 5.25. The Balaban J connectivity index is 2.13. The van der Waals surface area contributed by atoms with Crippen LogP contribution in [-0.2, 0) is 6.54 Å². The molecule has 1 aromatic carbocycles. The van der Waals surface area contributed by atoms with Gasteiger partial charge in [-0.3, -0.25) is 4.90 Å². The Kier molecular flexibility index (Phi) is 3.39. The van der Waals surface area contributed by atoms with Gasteiger partial charge in [0.2, 0.25) is 0 Å². The second kappa shape index (κ2) is 4.77. The van der Waals surface area contributed by atoms with Crippen LogP contribution in [0.15, 0.2) is 24.3 Å². The van der Waals surface area contributed by atoms with E-state index in [0.29, 0.717) is 12.6 Å². The highest BCUT2D eigenvalue weighted by Gasteiger charge is 2.19. The fraction of sp³-hybridized carbons (Fsp3) is 0.538. The van der Waals surface area contributed by atoms with Gasteiger partial charge in [0.1, 0.15) is 0 Å². The summed E-state index contributed by atoms with van der Waals surface area (Å²) in [6.07, 6.45) is 2.70. The summed E-state index contributed by atoms with van der Waals surface area (Å²) in [6, 6.07) is 9.20. The summed E-state index contributed by atoms with van der Waals surface area (Å²) in [4.78, 5) is 2.55. The fourth-order valence-corrected chi connectivity index (χ4v) is 2.32. The van der Waals surface area contributed by atoms with Crippen molar-refractivity contribution in [3.63, 3.8) is 0 Å². The van der Waals surface area contributed by atoms with Crippen LogP contribution < -0.4 is 5.73 Å². The van der Waals surface area contributed by atoms with E-state index in [9.17, 15) is 0 Å². The van der Waals surface area contributed by atoms with E-state index in [-0.39, 0.29) is 0 Å². The van der Waals surface area contributed by atoms with Gasteiger partial charge in [0.05, 0.1) is 0 Å². The van der Waals surface area contributed by atoms with Crippen molar-refractivity contribution >= 4 is 0 Å². The first-order chi connectivity index (χ1) is 7.31. The predicted octanol–water partition coefficient (Wildman–Crippen LogP) is 2.30. The van der Waals surface area contributed by atoms with Crippen molar-refractivity contribution in [1.82, 2.24) is 4.90 Å². The van der Waals surface area contributed by atoms with Gasteiger partial charge in [-0.25, -0.2) is 0 Å². The van der Waals surface area contributed by atoms with E-state index in [1.54, 1.807) is 0 Å². The van der Waals surface area contributed by atoms with Gasteiger partial charge >= 0.3 is 0 Å². The molecule has 15 heavy (non-hydrogen) atoms. The zero-order valence-corrected chi connectivity index (χ0v) is 9.45. The first-order valence-corrected chi connectivity index (χ1v) is 5.84. The number of rotatable bonds is 3. The van der Waals surface area contributed by atoms with Gasteiger partial charge in [-0.2, -0.15) is 0 Å². The number of hydrogen-bond acceptors (Lipinski definition) is 2. The third-order valence-electron chi connectivity index (χ3n) is 3.36. The van der Waals surface area contributed by atoms with Crippen LogP contribution in [0, 0.1) is 0 Å². The van der Waals surface area contributed by atoms with Gasteiger partial charge in [0, 0.05) is 12.6 Å². The molecule has 0 saturated carbocycles. The van der Waals surface area contributed by atoms with Gasteiger partial charge in [-0.1, -0.05) is 24.3 Å². The van der Waals surface area contributed by atoms with Crippen LogP contribution in [0.2, 0.25) is 0 Å². The quantitative estimate of drug-likeness (QED) is 0.818. The Morgan fingerprint density at radius 3 is 2.73 bits per heavy atom. The molecule has 0 aliphatic carbocycles. The summed E-state index contributed by atoms with van der Waals surface area (Å²) < 4.78 is 0. The topological polar surface area (TPSA) is 29.3 Å². The molecule has 1 aromatic rings. The third-order valence-corrected chi connectivity index (χ3v) is 3.36. The van der Waals surface area contributed by atoms with Crippen molar-refractivity contribution < 1.29 is 0 Å². The Hall–Kier alpha value is -0.860. The molecule has 1 fully saturated rings. The monoisotopic (exact) mass is 204 g/mol. The highest BCUT2D eigenvalue weighted by Crippen LogP contribution is 2.24. The zero-order chi connectivity index (χ0) is 10.7. The molecule has 0 aromatic heterocycles. The van der Waals surface area contributed by atoms with Crippen molar-refractivity contribution in [1.29, 1.82) is 0 Å². The predicted molar refractivity (Wildman–Crippen MR) is 63.6 cm³/mol. The number of nitrogens with zero attached hydrogens (tertiary/aromatic N) is 1. The Morgan fingerprint density at radius 1 is 1.33 bits per heavy atom. The molecule has 1 unspecified atom stereocenters. The SMILES string of the molecule is CC(c1cccc(CN)c1)N1CCCC1. The maximum Gasteiger partial charge on any atom is 0.0319 e. The maximum absolute atomic E-state index is 5.66. The zero-order valence-electron chi connectivity index (χ0n) is 9.45. The molecular weight excluding hydrogens is 184 g/mol. The van der Waals surface area contributed by atoms with Crippen molar-refractivity contribution in [2.75, 3.05) is 13.1 Å². The van der Waals surface area contributed by atoms with Gasteiger partial charge in [-0.05, 0) is 44.0 Å². The maximum atomic E-state index is 5.66. The van der Waals surface area contributed by atoms with Crippen molar-refractivity contribution in [2.45, 2.75) is 32.4 Å². The molecule has 2 heteroatoms. The summed E-state index contributed by atoms with van der Waals surface area (Å²) in [6.45, 7) is 5.42. The van der Waals surface area contributed by atoms with Gasteiger partial charge in [-0.15, -0.1) is 0 Å². The lowest BCUT2D eigenvalue weighted by Crippen LogP contribution is -2.23. The van der Waals surface area contributed by atoms with E-state index in [0.717, 1.165) is 0 Å². The number of nitrogens with two attached hydrogens (primary N) is 1. The van der Waals surface area contributed by atoms with Crippen LogP contribution in [0.3, 0.4) is 0 Å². The minimum atomic E-state index is 0.541. The molecule has 1 atom stereocenters. The summed E-state index contributed by atoms with van der Waals surface area (Å²) in [5.74, 6) is 0. The third kappa shape index (κ3) is 2.39. The number of likely N-dealkylation sites (tertiary alicyclic amines) is 1. The molecular formula is C13H20N2. The first kappa shape index (κ1) is 10.7. The lowest BCUT2D eigenvalue weighted by molar-refractivity contribution is 0.263. The molecule has 2 rings (SSSR count). The Morgan fingerprint density at radius 2 is 2.07 bits per heavy atom. The lowest BCUT2D eigenvalue weighted by Gasteiger charge is -2.24.